The third kappa shape index (κ3) is 2.19. The molecule has 0 spiro atoms. The topological polar surface area (TPSA) is 26.0 Å². The smallest absolute Gasteiger partial charge is 0.324 e. The van der Waals surface area contributed by atoms with E-state index in [1.54, 1.807) is 0 Å². The van der Waals surface area contributed by atoms with Gasteiger partial charge in [-0.2, -0.15) is 13.2 Å². The fraction of sp³-hybridized carbons (Fsp3) is 0.455. The Bertz CT molecular complexity index is 395. The number of alkyl halides is 3. The van der Waals surface area contributed by atoms with Crippen LogP contribution in [-0.2, 0) is 6.18 Å². The van der Waals surface area contributed by atoms with Crippen molar-refractivity contribution >= 4 is 0 Å². The fourth-order valence-corrected chi connectivity index (χ4v) is 1.69. The van der Waals surface area contributed by atoms with Crippen LogP contribution in [-0.4, -0.2) is 0 Å². The van der Waals surface area contributed by atoms with E-state index in [1.807, 2.05) is 0 Å². The van der Waals surface area contributed by atoms with Crippen LogP contribution in [0.25, 0.3) is 0 Å². The minimum atomic E-state index is -4.66. The van der Waals surface area contributed by atoms with Gasteiger partial charge in [-0.25, -0.2) is 4.39 Å². The molecule has 1 saturated carbocycles. The van der Waals surface area contributed by atoms with Crippen molar-refractivity contribution in [3.8, 4) is 0 Å². The summed E-state index contributed by atoms with van der Waals surface area (Å²) in [6.45, 7) is 0. The SMILES string of the molecule is N[C@@H](c1ccc(F)c(C(F)(F)F)c1)C1CC1. The molecule has 2 rings (SSSR count). The molecule has 1 aliphatic rings. The molecule has 0 heterocycles. The minimum absolute atomic E-state index is 0.242. The molecule has 0 aliphatic heterocycles. The minimum Gasteiger partial charge on any atom is -0.324 e. The van der Waals surface area contributed by atoms with Gasteiger partial charge in [0.05, 0.1) is 5.56 Å². The van der Waals surface area contributed by atoms with E-state index in [9.17, 15) is 17.6 Å². The summed E-state index contributed by atoms with van der Waals surface area (Å²) >= 11 is 0. The van der Waals surface area contributed by atoms with Crippen molar-refractivity contribution in [3.05, 3.63) is 35.1 Å². The standard InChI is InChI=1S/C11H11F4N/c12-9-4-3-7(10(16)6-1-2-6)5-8(9)11(13,14)15/h3-6,10H,1-2,16H2/t10-/m1/s1. The summed E-state index contributed by atoms with van der Waals surface area (Å²) in [5.41, 5.74) is 4.90. The lowest BCUT2D eigenvalue weighted by atomic mass is 10.0. The third-order valence-corrected chi connectivity index (χ3v) is 2.81. The van der Waals surface area contributed by atoms with Gasteiger partial charge in [-0.05, 0) is 36.5 Å². The zero-order valence-electron chi connectivity index (χ0n) is 8.39. The maximum atomic E-state index is 13.0. The van der Waals surface area contributed by atoms with Crippen LogP contribution < -0.4 is 5.73 Å². The predicted octanol–water partition coefficient (Wildman–Crippen LogP) is 3.25. The van der Waals surface area contributed by atoms with Crippen LogP contribution in [0.5, 0.6) is 0 Å². The van der Waals surface area contributed by atoms with Gasteiger partial charge in [-0.15, -0.1) is 0 Å². The number of nitrogens with two attached hydrogens (primary N) is 1. The lowest BCUT2D eigenvalue weighted by Crippen LogP contribution is -2.15. The molecular weight excluding hydrogens is 222 g/mol. The van der Waals surface area contributed by atoms with E-state index in [-0.39, 0.29) is 5.92 Å². The Morgan fingerprint density at radius 2 is 1.88 bits per heavy atom. The highest BCUT2D eigenvalue weighted by Gasteiger charge is 2.36. The molecule has 0 bridgehead atoms. The summed E-state index contributed by atoms with van der Waals surface area (Å²) in [7, 11) is 0. The van der Waals surface area contributed by atoms with Gasteiger partial charge in [0.15, 0.2) is 0 Å². The van der Waals surface area contributed by atoms with Gasteiger partial charge in [0.1, 0.15) is 5.82 Å². The Morgan fingerprint density at radius 1 is 1.25 bits per heavy atom. The highest BCUT2D eigenvalue weighted by atomic mass is 19.4. The van der Waals surface area contributed by atoms with E-state index in [4.69, 9.17) is 5.73 Å². The van der Waals surface area contributed by atoms with Crippen LogP contribution in [0.1, 0.15) is 30.0 Å². The van der Waals surface area contributed by atoms with Gasteiger partial charge in [-0.1, -0.05) is 6.07 Å². The first kappa shape index (κ1) is 11.4. The molecule has 16 heavy (non-hydrogen) atoms. The van der Waals surface area contributed by atoms with Crippen LogP contribution in [0, 0.1) is 11.7 Å². The lowest BCUT2D eigenvalue weighted by molar-refractivity contribution is -0.140. The average Bonchev–Trinajstić information content (AvgIpc) is 2.98. The van der Waals surface area contributed by atoms with Gasteiger partial charge in [0.25, 0.3) is 0 Å². The molecular formula is C11H11F4N. The molecule has 88 valence electrons. The summed E-state index contributed by atoms with van der Waals surface area (Å²) in [6.07, 6.45) is -2.80. The van der Waals surface area contributed by atoms with E-state index in [2.05, 4.69) is 0 Å². The molecule has 0 amide bonds. The van der Waals surface area contributed by atoms with Crippen LogP contribution in [0.4, 0.5) is 17.6 Å². The van der Waals surface area contributed by atoms with Crippen molar-refractivity contribution in [1.29, 1.82) is 0 Å². The van der Waals surface area contributed by atoms with Crippen molar-refractivity contribution in [1.82, 2.24) is 0 Å². The molecule has 1 aromatic rings. The monoisotopic (exact) mass is 233 g/mol. The van der Waals surface area contributed by atoms with E-state index >= 15 is 0 Å². The van der Waals surface area contributed by atoms with E-state index in [0.29, 0.717) is 5.56 Å². The molecule has 0 radical (unpaired) electrons. The Morgan fingerprint density at radius 3 is 2.38 bits per heavy atom. The summed E-state index contributed by atoms with van der Waals surface area (Å²) < 4.78 is 50.3. The molecule has 2 N–H and O–H groups in total. The van der Waals surface area contributed by atoms with Crippen molar-refractivity contribution < 1.29 is 17.6 Å². The summed E-state index contributed by atoms with van der Waals surface area (Å²) in [4.78, 5) is 0. The number of halogens is 4. The van der Waals surface area contributed by atoms with Gasteiger partial charge >= 0.3 is 6.18 Å². The normalized spacial score (nSPS) is 18.6. The first-order valence-electron chi connectivity index (χ1n) is 5.02. The first-order valence-corrected chi connectivity index (χ1v) is 5.02. The van der Waals surface area contributed by atoms with Crippen molar-refractivity contribution in [2.24, 2.45) is 11.7 Å². The highest BCUT2D eigenvalue weighted by molar-refractivity contribution is 5.30. The first-order chi connectivity index (χ1) is 7.39. The zero-order chi connectivity index (χ0) is 11.9. The Kier molecular flexibility index (Phi) is 2.66. The maximum absolute atomic E-state index is 13.0. The largest absolute Gasteiger partial charge is 0.419 e. The number of hydrogen-bond donors (Lipinski definition) is 1. The summed E-state index contributed by atoms with van der Waals surface area (Å²) in [5.74, 6) is -1.01. The fourth-order valence-electron chi connectivity index (χ4n) is 1.69. The van der Waals surface area contributed by atoms with E-state index in [0.717, 1.165) is 25.0 Å². The molecule has 0 aromatic heterocycles. The zero-order valence-corrected chi connectivity index (χ0v) is 8.39. The van der Waals surface area contributed by atoms with E-state index in [1.165, 1.54) is 6.07 Å². The third-order valence-electron chi connectivity index (χ3n) is 2.81. The summed E-state index contributed by atoms with van der Waals surface area (Å²) in [6, 6.07) is 2.56. The molecule has 1 fully saturated rings. The molecule has 0 saturated heterocycles. The van der Waals surface area contributed by atoms with Crippen molar-refractivity contribution in [3.63, 3.8) is 0 Å². The second-order valence-electron chi connectivity index (χ2n) is 4.10. The number of rotatable bonds is 2. The average molecular weight is 233 g/mol. The maximum Gasteiger partial charge on any atom is 0.419 e. The Balaban J connectivity index is 2.34. The van der Waals surface area contributed by atoms with Gasteiger partial charge < -0.3 is 5.73 Å². The molecule has 1 aliphatic carbocycles. The van der Waals surface area contributed by atoms with Crippen molar-refractivity contribution in [2.75, 3.05) is 0 Å². The Hall–Kier alpha value is -1.10. The quantitative estimate of drug-likeness (QED) is 0.779. The highest BCUT2D eigenvalue weighted by Crippen LogP contribution is 2.41. The van der Waals surface area contributed by atoms with E-state index < -0.39 is 23.6 Å². The van der Waals surface area contributed by atoms with Gasteiger partial charge in [0, 0.05) is 6.04 Å². The molecule has 1 atom stereocenters. The molecule has 1 nitrogen and oxygen atoms in total. The van der Waals surface area contributed by atoms with Gasteiger partial charge in [-0.3, -0.25) is 0 Å². The lowest BCUT2D eigenvalue weighted by Gasteiger charge is -2.14. The second-order valence-corrected chi connectivity index (χ2v) is 4.10. The van der Waals surface area contributed by atoms with Crippen LogP contribution in [0.2, 0.25) is 0 Å². The summed E-state index contributed by atoms with van der Waals surface area (Å²) in [5, 5.41) is 0. The van der Waals surface area contributed by atoms with Crippen LogP contribution in [0.3, 0.4) is 0 Å². The van der Waals surface area contributed by atoms with Gasteiger partial charge in [0.2, 0.25) is 0 Å². The molecule has 1 aromatic carbocycles. The second kappa shape index (κ2) is 3.73. The Labute approximate surface area is 90.3 Å². The molecule has 5 heteroatoms. The number of benzene rings is 1. The van der Waals surface area contributed by atoms with Crippen LogP contribution >= 0.6 is 0 Å². The predicted molar refractivity (Wildman–Crippen MR) is 51.1 cm³/mol. The van der Waals surface area contributed by atoms with Crippen molar-refractivity contribution in [2.45, 2.75) is 25.1 Å². The number of hydrogen-bond acceptors (Lipinski definition) is 1. The van der Waals surface area contributed by atoms with Crippen LogP contribution in [0.15, 0.2) is 18.2 Å². The molecule has 0 unspecified atom stereocenters.